The van der Waals surface area contributed by atoms with Gasteiger partial charge in [0.25, 0.3) is 0 Å². The first-order valence-corrected chi connectivity index (χ1v) is 7.10. The molecule has 1 atom stereocenters. The molecule has 1 amide bonds. The summed E-state index contributed by atoms with van der Waals surface area (Å²) in [5, 5.41) is 0. The monoisotopic (exact) mass is 289 g/mol. The molecular formula is C17H23NO3. The fourth-order valence-electron chi connectivity index (χ4n) is 2.46. The van der Waals surface area contributed by atoms with Crippen LogP contribution in [0.1, 0.15) is 38.8 Å². The molecule has 0 spiro atoms. The van der Waals surface area contributed by atoms with E-state index in [4.69, 9.17) is 9.47 Å². The van der Waals surface area contributed by atoms with Crippen LogP contribution < -0.4 is 4.74 Å². The molecule has 21 heavy (non-hydrogen) atoms. The highest BCUT2D eigenvalue weighted by Crippen LogP contribution is 2.36. The van der Waals surface area contributed by atoms with Gasteiger partial charge >= 0.3 is 6.09 Å². The molecule has 0 radical (unpaired) electrons. The van der Waals surface area contributed by atoms with Crippen LogP contribution in [0.15, 0.2) is 36.4 Å². The van der Waals surface area contributed by atoms with Gasteiger partial charge in [-0.25, -0.2) is 4.79 Å². The summed E-state index contributed by atoms with van der Waals surface area (Å²) >= 11 is 0. The van der Waals surface area contributed by atoms with Crippen molar-refractivity contribution in [2.45, 2.75) is 38.8 Å². The molecule has 114 valence electrons. The topological polar surface area (TPSA) is 38.8 Å². The molecular weight excluding hydrogens is 266 g/mol. The first-order valence-electron chi connectivity index (χ1n) is 7.10. The molecule has 2 rings (SSSR count). The zero-order valence-corrected chi connectivity index (χ0v) is 13.2. The maximum absolute atomic E-state index is 12.4. The standard InChI is InChI=1S/C17H23NO3/c1-12-9-15(13-7-6-8-14(10-13)20-5)18(11-12)16(19)21-17(2,3)4/h6-8,10,15H,1,9,11H2,2-5H3/t15-/m1/s1. The number of nitrogens with zero attached hydrogens (tertiary/aromatic N) is 1. The first kappa shape index (κ1) is 15.4. The van der Waals surface area contributed by atoms with E-state index in [1.165, 1.54) is 0 Å². The third kappa shape index (κ3) is 3.78. The summed E-state index contributed by atoms with van der Waals surface area (Å²) in [5.74, 6) is 0.786. The number of likely N-dealkylation sites (tertiary alicyclic amines) is 1. The van der Waals surface area contributed by atoms with Gasteiger partial charge in [-0.05, 0) is 44.9 Å². The lowest BCUT2D eigenvalue weighted by Crippen LogP contribution is -2.36. The van der Waals surface area contributed by atoms with Crippen molar-refractivity contribution in [3.8, 4) is 5.75 Å². The minimum Gasteiger partial charge on any atom is -0.497 e. The van der Waals surface area contributed by atoms with Gasteiger partial charge in [-0.3, -0.25) is 4.90 Å². The van der Waals surface area contributed by atoms with Gasteiger partial charge in [0.05, 0.1) is 13.2 Å². The molecule has 1 aromatic rings. The highest BCUT2D eigenvalue weighted by molar-refractivity contribution is 5.70. The van der Waals surface area contributed by atoms with E-state index < -0.39 is 5.60 Å². The number of amides is 1. The highest BCUT2D eigenvalue weighted by atomic mass is 16.6. The van der Waals surface area contributed by atoms with Crippen molar-refractivity contribution in [1.29, 1.82) is 0 Å². The summed E-state index contributed by atoms with van der Waals surface area (Å²) in [5.41, 5.74) is 1.58. The molecule has 1 saturated heterocycles. The molecule has 1 heterocycles. The molecule has 0 unspecified atom stereocenters. The van der Waals surface area contributed by atoms with Crippen molar-refractivity contribution >= 4 is 6.09 Å². The van der Waals surface area contributed by atoms with Crippen molar-refractivity contribution in [2.75, 3.05) is 13.7 Å². The van der Waals surface area contributed by atoms with Crippen LogP contribution >= 0.6 is 0 Å². The maximum Gasteiger partial charge on any atom is 0.411 e. The molecule has 0 aliphatic carbocycles. The Bertz CT molecular complexity index is 545. The molecule has 0 saturated carbocycles. The minimum atomic E-state index is -0.500. The molecule has 1 aliphatic rings. The first-order chi connectivity index (χ1) is 9.80. The molecule has 4 heteroatoms. The Hall–Kier alpha value is -1.97. The lowest BCUT2D eigenvalue weighted by Gasteiger charge is -2.28. The van der Waals surface area contributed by atoms with Crippen LogP contribution in [0, 0.1) is 0 Å². The molecule has 0 N–H and O–H groups in total. The van der Waals surface area contributed by atoms with Crippen LogP contribution in [0.25, 0.3) is 0 Å². The zero-order valence-electron chi connectivity index (χ0n) is 13.2. The quantitative estimate of drug-likeness (QED) is 0.774. The molecule has 0 bridgehead atoms. The van der Waals surface area contributed by atoms with E-state index in [1.807, 2.05) is 45.0 Å². The normalized spacial score (nSPS) is 18.8. The summed E-state index contributed by atoms with van der Waals surface area (Å²) < 4.78 is 10.8. The van der Waals surface area contributed by atoms with Crippen molar-refractivity contribution < 1.29 is 14.3 Å². The smallest absolute Gasteiger partial charge is 0.411 e. The number of benzene rings is 1. The number of carbonyl (C=O) groups excluding carboxylic acids is 1. The van der Waals surface area contributed by atoms with Crippen LogP contribution in [0.3, 0.4) is 0 Å². The Morgan fingerprint density at radius 2 is 2.10 bits per heavy atom. The van der Waals surface area contributed by atoms with E-state index in [2.05, 4.69) is 6.58 Å². The van der Waals surface area contributed by atoms with Crippen LogP contribution in [0.2, 0.25) is 0 Å². The van der Waals surface area contributed by atoms with E-state index >= 15 is 0 Å². The van der Waals surface area contributed by atoms with Gasteiger partial charge in [0.1, 0.15) is 11.4 Å². The average molecular weight is 289 g/mol. The van der Waals surface area contributed by atoms with Gasteiger partial charge in [0.2, 0.25) is 0 Å². The Labute approximate surface area is 126 Å². The van der Waals surface area contributed by atoms with E-state index in [9.17, 15) is 4.79 Å². The predicted octanol–water partition coefficient (Wildman–Crippen LogP) is 3.93. The largest absolute Gasteiger partial charge is 0.497 e. The molecule has 1 fully saturated rings. The summed E-state index contributed by atoms with van der Waals surface area (Å²) in [6.07, 6.45) is 0.459. The molecule has 0 aromatic heterocycles. The van der Waals surface area contributed by atoms with E-state index in [1.54, 1.807) is 12.0 Å². The van der Waals surface area contributed by atoms with Gasteiger partial charge in [-0.2, -0.15) is 0 Å². The SMILES string of the molecule is C=C1C[C@H](c2cccc(OC)c2)N(C(=O)OC(C)(C)C)C1. The van der Waals surface area contributed by atoms with Crippen molar-refractivity contribution in [3.05, 3.63) is 42.0 Å². The van der Waals surface area contributed by atoms with Crippen LogP contribution in [0.4, 0.5) is 4.79 Å². The number of rotatable bonds is 2. The molecule has 4 nitrogen and oxygen atoms in total. The molecule has 1 aliphatic heterocycles. The fraction of sp³-hybridized carbons (Fsp3) is 0.471. The Kier molecular flexibility index (Phi) is 4.26. The fourth-order valence-corrected chi connectivity index (χ4v) is 2.46. The summed E-state index contributed by atoms with van der Waals surface area (Å²) in [4.78, 5) is 14.1. The van der Waals surface area contributed by atoms with Crippen molar-refractivity contribution in [3.63, 3.8) is 0 Å². The maximum atomic E-state index is 12.4. The Morgan fingerprint density at radius 1 is 1.38 bits per heavy atom. The summed E-state index contributed by atoms with van der Waals surface area (Å²) in [7, 11) is 1.64. The highest BCUT2D eigenvalue weighted by Gasteiger charge is 2.34. The van der Waals surface area contributed by atoms with E-state index in [-0.39, 0.29) is 12.1 Å². The van der Waals surface area contributed by atoms with Gasteiger partial charge in [0.15, 0.2) is 0 Å². The third-order valence-electron chi connectivity index (χ3n) is 3.36. The van der Waals surface area contributed by atoms with E-state index in [0.29, 0.717) is 6.54 Å². The van der Waals surface area contributed by atoms with Gasteiger partial charge in [-0.1, -0.05) is 24.3 Å². The summed E-state index contributed by atoms with van der Waals surface area (Å²) in [6.45, 7) is 10.2. The van der Waals surface area contributed by atoms with Crippen LogP contribution in [-0.2, 0) is 4.74 Å². The lowest BCUT2D eigenvalue weighted by molar-refractivity contribution is 0.0227. The Morgan fingerprint density at radius 3 is 2.71 bits per heavy atom. The number of carbonyl (C=O) groups is 1. The summed E-state index contributed by atoms with van der Waals surface area (Å²) in [6, 6.07) is 7.75. The second-order valence-corrected chi connectivity index (χ2v) is 6.35. The van der Waals surface area contributed by atoms with Crippen molar-refractivity contribution in [2.24, 2.45) is 0 Å². The van der Waals surface area contributed by atoms with Crippen molar-refractivity contribution in [1.82, 2.24) is 4.90 Å². The second-order valence-electron chi connectivity index (χ2n) is 6.35. The number of methoxy groups -OCH3 is 1. The average Bonchev–Trinajstić information content (AvgIpc) is 2.79. The zero-order chi connectivity index (χ0) is 15.6. The second kappa shape index (κ2) is 5.80. The Balaban J connectivity index is 2.24. The van der Waals surface area contributed by atoms with Crippen LogP contribution in [-0.4, -0.2) is 30.2 Å². The van der Waals surface area contributed by atoms with Crippen LogP contribution in [0.5, 0.6) is 5.75 Å². The number of ether oxygens (including phenoxy) is 2. The van der Waals surface area contributed by atoms with Gasteiger partial charge in [0, 0.05) is 6.54 Å². The lowest BCUT2D eigenvalue weighted by atomic mass is 10.0. The van der Waals surface area contributed by atoms with Gasteiger partial charge < -0.3 is 9.47 Å². The minimum absolute atomic E-state index is 0.0394. The molecule has 1 aromatic carbocycles. The third-order valence-corrected chi connectivity index (χ3v) is 3.36. The predicted molar refractivity (Wildman–Crippen MR) is 82.4 cm³/mol. The number of hydrogen-bond acceptors (Lipinski definition) is 3. The van der Waals surface area contributed by atoms with Gasteiger partial charge in [-0.15, -0.1) is 0 Å². The van der Waals surface area contributed by atoms with E-state index in [0.717, 1.165) is 23.3 Å². The number of hydrogen-bond donors (Lipinski definition) is 0.